The first-order valence-electron chi connectivity index (χ1n) is 12.6. The Balaban J connectivity index is 0.000000240. The van der Waals surface area contributed by atoms with Crippen molar-refractivity contribution in [3.8, 4) is 0 Å². The zero-order valence-electron chi connectivity index (χ0n) is 21.9. The maximum atomic E-state index is 11.8. The van der Waals surface area contributed by atoms with E-state index in [9.17, 15) is 19.5 Å². The summed E-state index contributed by atoms with van der Waals surface area (Å²) in [4.78, 5) is 39.6. The molecule has 2 heterocycles. The second kappa shape index (κ2) is 12.4. The van der Waals surface area contributed by atoms with Crippen LogP contribution in [0.15, 0.2) is 60.9 Å². The molecule has 1 saturated heterocycles. The second-order valence-corrected chi connectivity index (χ2v) is 9.20. The van der Waals surface area contributed by atoms with Gasteiger partial charge in [0.2, 0.25) is 0 Å². The van der Waals surface area contributed by atoms with E-state index in [0.29, 0.717) is 31.8 Å². The van der Waals surface area contributed by atoms with Crippen molar-refractivity contribution in [1.29, 1.82) is 0 Å². The molecule has 0 radical (unpaired) electrons. The minimum atomic E-state index is -1.11. The number of benzene rings is 3. The van der Waals surface area contributed by atoms with E-state index in [-0.39, 0.29) is 22.3 Å². The molecule has 5 rings (SSSR count). The third kappa shape index (κ3) is 6.11. The third-order valence-electron chi connectivity index (χ3n) is 6.79. The molecule has 1 aromatic heterocycles. The van der Waals surface area contributed by atoms with Crippen LogP contribution in [-0.4, -0.2) is 69.1 Å². The molecule has 0 bridgehead atoms. The first-order valence-corrected chi connectivity index (χ1v) is 12.6. The van der Waals surface area contributed by atoms with Crippen LogP contribution in [0.4, 0.5) is 5.69 Å². The molecule has 11 nitrogen and oxygen atoms in total. The normalized spacial score (nSPS) is 13.0. The lowest BCUT2D eigenvalue weighted by atomic mass is 10.0. The van der Waals surface area contributed by atoms with Gasteiger partial charge in [0, 0.05) is 31.9 Å². The van der Waals surface area contributed by atoms with Crippen LogP contribution in [0.1, 0.15) is 47.8 Å². The summed E-state index contributed by atoms with van der Waals surface area (Å²) in [5.41, 5.74) is 10.8. The molecule has 208 valence electrons. The number of hydrogen-bond donors (Lipinski definition) is 4. The van der Waals surface area contributed by atoms with E-state index in [2.05, 4.69) is 9.88 Å². The van der Waals surface area contributed by atoms with E-state index in [1.54, 1.807) is 12.4 Å². The standard InChI is InChI=1S/C20H22N4O3.C9H8O4/c21-11-14-3-1-2-4-15(14)12-24-13-22-19-17(20(25)26)9-16(10-18(19)24)23-5-7-27-8-6-23;1-5-6(8(10)11)3-2-4-7(5)9(12)13/h1-4,9-10,13H,5-8,11-12,21H2,(H,25,26);2-4H,1H3,(H,10,11)(H,12,13). The molecule has 1 aliphatic heterocycles. The van der Waals surface area contributed by atoms with Gasteiger partial charge in [0.15, 0.2) is 0 Å². The maximum absolute atomic E-state index is 11.8. The van der Waals surface area contributed by atoms with E-state index in [4.69, 9.17) is 20.7 Å². The smallest absolute Gasteiger partial charge is 0.338 e. The van der Waals surface area contributed by atoms with E-state index in [0.717, 1.165) is 35.4 Å². The molecule has 40 heavy (non-hydrogen) atoms. The van der Waals surface area contributed by atoms with Gasteiger partial charge in [-0.15, -0.1) is 0 Å². The minimum Gasteiger partial charge on any atom is -0.478 e. The summed E-state index contributed by atoms with van der Waals surface area (Å²) < 4.78 is 7.40. The Hall–Kier alpha value is -4.74. The molecule has 0 saturated carbocycles. The van der Waals surface area contributed by atoms with Gasteiger partial charge in [0.05, 0.1) is 41.7 Å². The highest BCUT2D eigenvalue weighted by Crippen LogP contribution is 2.27. The lowest BCUT2D eigenvalue weighted by Crippen LogP contribution is -2.36. The van der Waals surface area contributed by atoms with Crippen molar-refractivity contribution in [3.63, 3.8) is 0 Å². The number of carboxylic acid groups (broad SMARTS) is 3. The topological polar surface area (TPSA) is 168 Å². The van der Waals surface area contributed by atoms with Crippen molar-refractivity contribution >= 4 is 34.6 Å². The molecule has 5 N–H and O–H groups in total. The molecule has 1 aliphatic rings. The number of anilines is 1. The number of ether oxygens (including phenoxy) is 1. The SMILES string of the molecule is Cc1c(C(=O)O)cccc1C(=O)O.NCc1ccccc1Cn1cnc2c(C(=O)O)cc(N3CCOCC3)cc21. The molecule has 0 amide bonds. The van der Waals surface area contributed by atoms with Crippen LogP contribution >= 0.6 is 0 Å². The van der Waals surface area contributed by atoms with Crippen LogP contribution in [0.5, 0.6) is 0 Å². The predicted octanol–water partition coefficient (Wildman–Crippen LogP) is 3.47. The summed E-state index contributed by atoms with van der Waals surface area (Å²) in [6, 6.07) is 15.9. The van der Waals surface area contributed by atoms with E-state index >= 15 is 0 Å². The fourth-order valence-electron chi connectivity index (χ4n) is 4.64. The second-order valence-electron chi connectivity index (χ2n) is 9.20. The summed E-state index contributed by atoms with van der Waals surface area (Å²) in [5.74, 6) is -3.19. The largest absolute Gasteiger partial charge is 0.478 e. The number of carboxylic acids is 3. The molecule has 3 aromatic carbocycles. The number of aromatic nitrogens is 2. The van der Waals surface area contributed by atoms with Gasteiger partial charge >= 0.3 is 17.9 Å². The summed E-state index contributed by atoms with van der Waals surface area (Å²) >= 11 is 0. The monoisotopic (exact) mass is 546 g/mol. The molecule has 0 spiro atoms. The van der Waals surface area contributed by atoms with Crippen LogP contribution < -0.4 is 10.6 Å². The van der Waals surface area contributed by atoms with Crippen molar-refractivity contribution < 1.29 is 34.4 Å². The van der Waals surface area contributed by atoms with Crippen molar-refractivity contribution in [1.82, 2.24) is 9.55 Å². The fourth-order valence-corrected chi connectivity index (χ4v) is 4.64. The minimum absolute atomic E-state index is 0.0277. The average molecular weight is 547 g/mol. The predicted molar refractivity (Wildman–Crippen MR) is 148 cm³/mol. The summed E-state index contributed by atoms with van der Waals surface area (Å²) in [6.07, 6.45) is 1.70. The van der Waals surface area contributed by atoms with Gasteiger partial charge in [-0.1, -0.05) is 30.3 Å². The highest BCUT2D eigenvalue weighted by molar-refractivity contribution is 6.03. The number of nitrogens with zero attached hydrogens (tertiary/aromatic N) is 3. The Morgan fingerprint density at radius 1 is 0.875 bits per heavy atom. The highest BCUT2D eigenvalue weighted by Gasteiger charge is 2.19. The van der Waals surface area contributed by atoms with Gasteiger partial charge in [-0.05, 0) is 47.9 Å². The number of morpholine rings is 1. The zero-order chi connectivity index (χ0) is 28.8. The highest BCUT2D eigenvalue weighted by atomic mass is 16.5. The number of imidazole rings is 1. The lowest BCUT2D eigenvalue weighted by molar-refractivity contribution is 0.0682. The molecule has 4 aromatic rings. The fraction of sp³-hybridized carbons (Fsp3) is 0.241. The molecule has 11 heteroatoms. The van der Waals surface area contributed by atoms with Crippen molar-refractivity contribution in [2.45, 2.75) is 20.0 Å². The van der Waals surface area contributed by atoms with Crippen LogP contribution in [0.3, 0.4) is 0 Å². The summed E-state index contributed by atoms with van der Waals surface area (Å²) in [5, 5.41) is 27.0. The van der Waals surface area contributed by atoms with Crippen molar-refractivity contribution in [2.24, 2.45) is 5.73 Å². The first kappa shape index (κ1) is 28.3. The van der Waals surface area contributed by atoms with Gasteiger partial charge in [0.1, 0.15) is 5.52 Å². The Morgan fingerprint density at radius 2 is 1.48 bits per heavy atom. The summed E-state index contributed by atoms with van der Waals surface area (Å²) in [7, 11) is 0. The van der Waals surface area contributed by atoms with E-state index < -0.39 is 17.9 Å². The maximum Gasteiger partial charge on any atom is 0.338 e. The van der Waals surface area contributed by atoms with Gasteiger partial charge in [-0.2, -0.15) is 0 Å². The van der Waals surface area contributed by atoms with Crippen LogP contribution in [0, 0.1) is 6.92 Å². The Bertz CT molecular complexity index is 1530. The quantitative estimate of drug-likeness (QED) is 0.269. The van der Waals surface area contributed by atoms with Gasteiger partial charge < -0.3 is 35.3 Å². The Morgan fingerprint density at radius 3 is 2.05 bits per heavy atom. The van der Waals surface area contributed by atoms with Crippen LogP contribution in [0.2, 0.25) is 0 Å². The molecule has 0 atom stereocenters. The number of aromatic carboxylic acids is 3. The summed E-state index contributed by atoms with van der Waals surface area (Å²) in [6.45, 7) is 5.31. The average Bonchev–Trinajstić information content (AvgIpc) is 3.35. The van der Waals surface area contributed by atoms with E-state index in [1.807, 2.05) is 34.9 Å². The van der Waals surface area contributed by atoms with Crippen molar-refractivity contribution in [2.75, 3.05) is 31.2 Å². The van der Waals surface area contributed by atoms with E-state index in [1.165, 1.54) is 25.1 Å². The molecule has 0 unspecified atom stereocenters. The van der Waals surface area contributed by atoms with Crippen LogP contribution in [-0.2, 0) is 17.8 Å². The first-order chi connectivity index (χ1) is 19.2. The third-order valence-corrected chi connectivity index (χ3v) is 6.79. The molecule has 1 fully saturated rings. The van der Waals surface area contributed by atoms with Gasteiger partial charge in [-0.3, -0.25) is 0 Å². The Kier molecular flexibility index (Phi) is 8.77. The number of carbonyl (C=O) groups is 3. The van der Waals surface area contributed by atoms with Crippen LogP contribution in [0.25, 0.3) is 11.0 Å². The number of nitrogens with two attached hydrogens (primary N) is 1. The lowest BCUT2D eigenvalue weighted by Gasteiger charge is -2.29. The molecular weight excluding hydrogens is 516 g/mol. The number of hydrogen-bond acceptors (Lipinski definition) is 7. The van der Waals surface area contributed by atoms with Gasteiger partial charge in [0.25, 0.3) is 0 Å². The molecular formula is C29H30N4O7. The van der Waals surface area contributed by atoms with Crippen molar-refractivity contribution in [3.05, 3.63) is 94.3 Å². The number of fused-ring (bicyclic) bond motifs is 1. The number of rotatable bonds is 7. The zero-order valence-corrected chi connectivity index (χ0v) is 21.9. The van der Waals surface area contributed by atoms with Gasteiger partial charge in [-0.25, -0.2) is 19.4 Å². The Labute approximate surface area is 230 Å². The molecule has 0 aliphatic carbocycles.